The molecule has 0 unspecified atom stereocenters. The van der Waals surface area contributed by atoms with Crippen molar-refractivity contribution in [3.05, 3.63) is 28.3 Å². The molecule has 3 N–H and O–H groups in total. The predicted molar refractivity (Wildman–Crippen MR) is 61.9 cm³/mol. The van der Waals surface area contributed by atoms with Crippen LogP contribution in [-0.2, 0) is 4.79 Å². The number of rotatable bonds is 4. The van der Waals surface area contributed by atoms with Gasteiger partial charge < -0.3 is 15.8 Å². The lowest BCUT2D eigenvalue weighted by molar-refractivity contribution is -0.385. The second-order valence-corrected chi connectivity index (χ2v) is 3.42. The highest BCUT2D eigenvalue weighted by atomic mass is 16.6. The number of methoxy groups -OCH3 is 1. The summed E-state index contributed by atoms with van der Waals surface area (Å²) in [6.07, 6.45) is 0. The van der Waals surface area contributed by atoms with Gasteiger partial charge in [0.25, 0.3) is 0 Å². The number of carbonyl (C=O) groups is 1. The molecule has 1 amide bonds. The highest BCUT2D eigenvalue weighted by Gasteiger charge is 2.16. The number of anilines is 1. The number of amides is 1. The van der Waals surface area contributed by atoms with Crippen molar-refractivity contribution in [2.24, 2.45) is 5.73 Å². The molecule has 17 heavy (non-hydrogen) atoms. The molecule has 0 saturated heterocycles. The summed E-state index contributed by atoms with van der Waals surface area (Å²) in [4.78, 5) is 21.5. The number of nitrogens with one attached hydrogen (secondary N) is 1. The fourth-order valence-electron chi connectivity index (χ4n) is 1.17. The molecule has 0 aromatic heterocycles. The van der Waals surface area contributed by atoms with E-state index >= 15 is 0 Å². The maximum atomic E-state index is 11.3. The Hall–Kier alpha value is -2.15. The average Bonchev–Trinajstić information content (AvgIpc) is 2.28. The van der Waals surface area contributed by atoms with Crippen molar-refractivity contribution in [2.75, 3.05) is 12.4 Å². The number of nitro groups is 1. The van der Waals surface area contributed by atoms with Gasteiger partial charge in [-0.3, -0.25) is 14.9 Å². The van der Waals surface area contributed by atoms with E-state index in [0.29, 0.717) is 5.69 Å². The molecular weight excluding hydrogens is 226 g/mol. The second-order valence-electron chi connectivity index (χ2n) is 3.42. The van der Waals surface area contributed by atoms with E-state index in [2.05, 4.69) is 5.32 Å². The average molecular weight is 239 g/mol. The van der Waals surface area contributed by atoms with Gasteiger partial charge in [-0.1, -0.05) is 0 Å². The van der Waals surface area contributed by atoms with Gasteiger partial charge in [0.05, 0.1) is 18.1 Å². The van der Waals surface area contributed by atoms with Gasteiger partial charge in [-0.05, 0) is 19.1 Å². The summed E-state index contributed by atoms with van der Waals surface area (Å²) in [5.74, 6) is -0.279. The Balaban J connectivity index is 3.00. The summed E-state index contributed by atoms with van der Waals surface area (Å²) < 4.78 is 4.83. The Morgan fingerprint density at radius 1 is 1.59 bits per heavy atom. The standard InChI is InChI=1S/C10H13N3O4/c1-6(11)10(14)12-7-3-4-9(17-2)8(5-7)13(15)16/h3-6H,11H2,1-2H3,(H,12,14)/t6-/m0/s1. The van der Waals surface area contributed by atoms with E-state index < -0.39 is 16.9 Å². The van der Waals surface area contributed by atoms with Gasteiger partial charge in [-0.15, -0.1) is 0 Å². The summed E-state index contributed by atoms with van der Waals surface area (Å²) in [6.45, 7) is 1.52. The van der Waals surface area contributed by atoms with E-state index in [1.807, 2.05) is 0 Å². The van der Waals surface area contributed by atoms with Gasteiger partial charge >= 0.3 is 5.69 Å². The van der Waals surface area contributed by atoms with Gasteiger partial charge in [0, 0.05) is 11.8 Å². The minimum Gasteiger partial charge on any atom is -0.490 e. The molecule has 0 spiro atoms. The number of benzene rings is 1. The number of nitrogens with two attached hydrogens (primary N) is 1. The summed E-state index contributed by atoms with van der Waals surface area (Å²) in [7, 11) is 1.34. The maximum absolute atomic E-state index is 11.3. The summed E-state index contributed by atoms with van der Waals surface area (Å²) >= 11 is 0. The molecule has 7 nitrogen and oxygen atoms in total. The first-order valence-corrected chi connectivity index (χ1v) is 4.84. The normalized spacial score (nSPS) is 11.7. The highest BCUT2D eigenvalue weighted by molar-refractivity contribution is 5.94. The largest absolute Gasteiger partial charge is 0.490 e. The first-order valence-electron chi connectivity index (χ1n) is 4.84. The van der Waals surface area contributed by atoms with Crippen LogP contribution in [0.1, 0.15) is 6.92 Å². The maximum Gasteiger partial charge on any atom is 0.312 e. The zero-order chi connectivity index (χ0) is 13.0. The zero-order valence-corrected chi connectivity index (χ0v) is 9.47. The number of hydrogen-bond donors (Lipinski definition) is 2. The quantitative estimate of drug-likeness (QED) is 0.599. The Bertz CT molecular complexity index is 445. The van der Waals surface area contributed by atoms with Crippen LogP contribution in [0.25, 0.3) is 0 Å². The number of nitrogens with zero attached hydrogens (tertiary/aromatic N) is 1. The molecule has 92 valence electrons. The topological polar surface area (TPSA) is 107 Å². The van der Waals surface area contributed by atoms with E-state index in [1.54, 1.807) is 0 Å². The zero-order valence-electron chi connectivity index (χ0n) is 9.47. The highest BCUT2D eigenvalue weighted by Crippen LogP contribution is 2.29. The van der Waals surface area contributed by atoms with Gasteiger partial charge in [0.15, 0.2) is 5.75 Å². The monoisotopic (exact) mass is 239 g/mol. The summed E-state index contributed by atoms with van der Waals surface area (Å²) in [5, 5.41) is 13.2. The van der Waals surface area contributed by atoms with Gasteiger partial charge in [0.1, 0.15) is 0 Å². The molecular formula is C10H13N3O4. The molecule has 0 bridgehead atoms. The molecule has 7 heteroatoms. The van der Waals surface area contributed by atoms with Crippen LogP contribution in [-0.4, -0.2) is 24.0 Å². The third-order valence-corrected chi connectivity index (χ3v) is 2.06. The van der Waals surface area contributed by atoms with Crippen molar-refractivity contribution in [2.45, 2.75) is 13.0 Å². The molecule has 0 fully saturated rings. The SMILES string of the molecule is COc1ccc(NC(=O)[C@H](C)N)cc1[N+](=O)[O-]. The van der Waals surface area contributed by atoms with Crippen molar-refractivity contribution < 1.29 is 14.5 Å². The summed E-state index contributed by atoms with van der Waals surface area (Å²) in [5.41, 5.74) is 5.46. The van der Waals surface area contributed by atoms with Crippen LogP contribution in [0.2, 0.25) is 0 Å². The number of ether oxygens (including phenoxy) is 1. The number of nitro benzene ring substituents is 1. The van der Waals surface area contributed by atoms with Crippen molar-refractivity contribution in [1.29, 1.82) is 0 Å². The van der Waals surface area contributed by atoms with Crippen LogP contribution in [0.4, 0.5) is 11.4 Å². The molecule has 0 aliphatic heterocycles. The lowest BCUT2D eigenvalue weighted by Gasteiger charge is -2.08. The fraction of sp³-hybridized carbons (Fsp3) is 0.300. The van der Waals surface area contributed by atoms with E-state index in [-0.39, 0.29) is 11.4 Å². The van der Waals surface area contributed by atoms with Crippen molar-refractivity contribution in [1.82, 2.24) is 0 Å². The number of carbonyl (C=O) groups excluding carboxylic acids is 1. The third-order valence-electron chi connectivity index (χ3n) is 2.06. The molecule has 0 heterocycles. The van der Waals surface area contributed by atoms with E-state index in [4.69, 9.17) is 10.5 Å². The molecule has 1 aromatic rings. The molecule has 1 atom stereocenters. The molecule has 0 aliphatic carbocycles. The molecule has 1 aromatic carbocycles. The molecule has 1 rings (SSSR count). The van der Waals surface area contributed by atoms with Crippen LogP contribution >= 0.6 is 0 Å². The Labute approximate surface area is 97.7 Å². The minimum absolute atomic E-state index is 0.133. The van der Waals surface area contributed by atoms with Gasteiger partial charge in [-0.25, -0.2) is 0 Å². The lowest BCUT2D eigenvalue weighted by atomic mass is 10.2. The smallest absolute Gasteiger partial charge is 0.312 e. The molecule has 0 saturated carbocycles. The van der Waals surface area contributed by atoms with Crippen molar-refractivity contribution in [3.63, 3.8) is 0 Å². The second kappa shape index (κ2) is 5.26. The summed E-state index contributed by atoms with van der Waals surface area (Å²) in [6, 6.07) is 3.45. The van der Waals surface area contributed by atoms with E-state index in [1.165, 1.54) is 32.2 Å². The van der Waals surface area contributed by atoms with Gasteiger partial charge in [-0.2, -0.15) is 0 Å². The molecule has 0 radical (unpaired) electrons. The third kappa shape index (κ3) is 3.15. The Kier molecular flexibility index (Phi) is 4.00. The van der Waals surface area contributed by atoms with Crippen molar-refractivity contribution in [3.8, 4) is 5.75 Å². The van der Waals surface area contributed by atoms with Crippen LogP contribution in [0.3, 0.4) is 0 Å². The van der Waals surface area contributed by atoms with E-state index in [9.17, 15) is 14.9 Å². The predicted octanol–water partition coefficient (Wildman–Crippen LogP) is 0.889. The number of hydrogen-bond acceptors (Lipinski definition) is 5. The van der Waals surface area contributed by atoms with Crippen LogP contribution in [0.5, 0.6) is 5.75 Å². The first kappa shape index (κ1) is 12.9. The minimum atomic E-state index is -0.684. The Morgan fingerprint density at radius 2 is 2.24 bits per heavy atom. The van der Waals surface area contributed by atoms with Crippen molar-refractivity contribution >= 4 is 17.3 Å². The molecule has 0 aliphatic rings. The Morgan fingerprint density at radius 3 is 2.71 bits per heavy atom. The van der Waals surface area contributed by atoms with Gasteiger partial charge in [0.2, 0.25) is 5.91 Å². The van der Waals surface area contributed by atoms with Crippen LogP contribution in [0.15, 0.2) is 18.2 Å². The fourth-order valence-corrected chi connectivity index (χ4v) is 1.17. The van der Waals surface area contributed by atoms with Crippen LogP contribution in [0, 0.1) is 10.1 Å². The van der Waals surface area contributed by atoms with Crippen LogP contribution < -0.4 is 15.8 Å². The lowest BCUT2D eigenvalue weighted by Crippen LogP contribution is -2.32. The first-order chi connectivity index (χ1) is 7.95. The van der Waals surface area contributed by atoms with E-state index in [0.717, 1.165) is 0 Å².